The molecule has 2 aliphatic rings. The Balaban J connectivity index is 0.00000205. The maximum absolute atomic E-state index is 14.1. The van der Waals surface area contributed by atoms with Crippen molar-refractivity contribution in [2.45, 2.75) is 19.6 Å². The van der Waals surface area contributed by atoms with E-state index < -0.39 is 66.4 Å². The van der Waals surface area contributed by atoms with Crippen molar-refractivity contribution in [2.75, 3.05) is 15.8 Å². The Morgan fingerprint density at radius 3 is 1.43 bits per heavy atom. The second-order valence-electron chi connectivity index (χ2n) is 15.2. The molecule has 11 rings (SSSR count). The zero-order chi connectivity index (χ0) is 49.9. The number of nitrogens with two attached hydrogens (primary N) is 1. The molecule has 2 aliphatic heterocycles. The van der Waals surface area contributed by atoms with Gasteiger partial charge >= 0.3 is 106 Å². The summed E-state index contributed by atoms with van der Waals surface area (Å²) in [4.78, 5) is 45.3. The molecular formula is C41H20ClCuN14Na3O11S4. The largest absolute Gasteiger partial charge is 2.00 e. The van der Waals surface area contributed by atoms with Gasteiger partial charge in [0.05, 0.1) is 48.6 Å². The fraction of sp³-hybridized carbons (Fsp3) is 0. The second-order valence-corrected chi connectivity index (χ2v) is 21.3. The number of aromatic nitrogens is 11. The Kier molecular flexibility index (Phi) is 16.5. The summed E-state index contributed by atoms with van der Waals surface area (Å²) in [6.07, 6.45) is 0. The number of benzene rings is 5. The number of halogens is 1. The summed E-state index contributed by atoms with van der Waals surface area (Å²) < 4.78 is 144. The molecule has 0 fully saturated rings. The number of hydrogen-bond acceptors (Lipinski definition) is 22. The number of sulfonamides is 1. The summed E-state index contributed by atoms with van der Waals surface area (Å²) >= 11 is 5.90. The topological polar surface area (TPSA) is 400 Å². The minimum atomic E-state index is -5.26. The van der Waals surface area contributed by atoms with E-state index in [0.29, 0.717) is 5.69 Å². The van der Waals surface area contributed by atoms with Crippen molar-refractivity contribution in [3.05, 3.63) is 102 Å². The van der Waals surface area contributed by atoms with Gasteiger partial charge in [0.2, 0.25) is 17.2 Å². The van der Waals surface area contributed by atoms with Gasteiger partial charge in [-0.3, -0.25) is 4.72 Å². The van der Waals surface area contributed by atoms with Crippen molar-refractivity contribution in [1.82, 2.24) is 54.8 Å². The zero-order valence-corrected chi connectivity index (χ0v) is 49.0. The molecule has 34 heteroatoms. The van der Waals surface area contributed by atoms with E-state index in [1.54, 1.807) is 6.07 Å². The van der Waals surface area contributed by atoms with Crippen LogP contribution in [-0.2, 0) is 57.4 Å². The summed E-state index contributed by atoms with van der Waals surface area (Å²) in [5, 5.41) is 1.92. The van der Waals surface area contributed by atoms with Crippen molar-refractivity contribution in [3.8, 4) is 45.6 Å². The van der Waals surface area contributed by atoms with Gasteiger partial charge in [-0.25, -0.2) is 43.6 Å². The van der Waals surface area contributed by atoms with E-state index in [1.807, 2.05) is 0 Å². The van der Waals surface area contributed by atoms with Crippen LogP contribution in [0, 0.1) is 0 Å². The van der Waals surface area contributed by atoms with Gasteiger partial charge in [0, 0.05) is 61.3 Å². The van der Waals surface area contributed by atoms with Gasteiger partial charge in [0.25, 0.3) is 10.0 Å². The Hall–Kier alpha value is -4.64. The summed E-state index contributed by atoms with van der Waals surface area (Å²) in [6, 6.07) is 20.1. The average Bonchev–Trinajstić information content (AvgIpc) is 4.03. The third kappa shape index (κ3) is 11.1. The molecule has 9 aromatic rings. The first-order valence-electron chi connectivity index (χ1n) is 19.8. The quantitative estimate of drug-likeness (QED) is 0.0945. The summed E-state index contributed by atoms with van der Waals surface area (Å²) in [6.45, 7) is 0. The standard InChI is InChI=1S/C41H23ClN14O11S4.Cu.3Na/c42-39-53-40(43)55-41(54-39)44-17-4-1-5-18(14-17)56-68(57,58)19-10-12-21-25(15-19)35-45-31(21)49-37-30-24(7-3-9-28(30)71(65,66)67)34(52-37)48-36-26-16-20(69(59,60)61)11-13-22(26)32(46-36)50-38-29-23(33(47-35)51-38)6-2-8-27(29)70(62,63)64;;;;/h1-16,56H,(H6-2,43,44,45,46,47,48,49,50,51,52,53,54,55,59,60,61,62,63,64,65,66,67);;;;/q-2;+2;3*+1/p-3. The van der Waals surface area contributed by atoms with Crippen LogP contribution < -0.4 is 114 Å². The Bertz CT molecular complexity index is 4480. The van der Waals surface area contributed by atoms with Gasteiger partial charge in [0.1, 0.15) is 30.4 Å². The van der Waals surface area contributed by atoms with Gasteiger partial charge in [0.15, 0.2) is 0 Å². The first-order valence-corrected chi connectivity index (χ1v) is 25.9. The van der Waals surface area contributed by atoms with Crippen molar-refractivity contribution in [3.63, 3.8) is 0 Å². The Morgan fingerprint density at radius 2 is 0.933 bits per heavy atom. The van der Waals surface area contributed by atoms with Crippen molar-refractivity contribution in [2.24, 2.45) is 0 Å². The minimum Gasteiger partial charge on any atom is -0.744 e. The van der Waals surface area contributed by atoms with E-state index >= 15 is 0 Å². The van der Waals surface area contributed by atoms with E-state index in [4.69, 9.17) is 17.3 Å². The SMILES string of the molecule is Nc1nc(Cl)nc(Nc2cccc(NS(=O)(=O)c3ccc4c(c3)-c3nc-4nc4[n-]c(nc5nc(nc6[n-]c(n3)c3cccc(S(=O)(=O)[O-])c63)-c3ccc(S(=O)(=O)[O-])cc3-5)c3cccc(S(=O)(=O)[O-])c43)c2)n1.[Cu+2].[Na+].[Na+].[Na+]. The van der Waals surface area contributed by atoms with Crippen LogP contribution in [0.2, 0.25) is 5.28 Å². The zero-order valence-electron chi connectivity index (χ0n) is 38.0. The van der Waals surface area contributed by atoms with Gasteiger partial charge in [-0.2, -0.15) is 15.0 Å². The number of rotatable bonds is 8. The minimum absolute atomic E-state index is 0. The molecule has 0 aliphatic carbocycles. The van der Waals surface area contributed by atoms with Crippen LogP contribution in [0.15, 0.2) is 117 Å². The van der Waals surface area contributed by atoms with Crippen LogP contribution >= 0.6 is 11.6 Å². The molecule has 0 atom stereocenters. The molecule has 8 bridgehead atoms. The van der Waals surface area contributed by atoms with E-state index in [9.17, 15) is 47.3 Å². The first kappa shape index (κ1) is 58.1. The first-order chi connectivity index (χ1) is 33.6. The fourth-order valence-corrected chi connectivity index (χ4v) is 10.9. The molecule has 4 aromatic heterocycles. The normalized spacial score (nSPS) is 12.1. The van der Waals surface area contributed by atoms with Crippen molar-refractivity contribution in [1.29, 1.82) is 0 Å². The van der Waals surface area contributed by atoms with Crippen molar-refractivity contribution >= 4 is 119 Å². The van der Waals surface area contributed by atoms with Crippen LogP contribution in [0.4, 0.5) is 23.3 Å². The predicted molar refractivity (Wildman–Crippen MR) is 248 cm³/mol. The summed E-state index contributed by atoms with van der Waals surface area (Å²) in [5.74, 6) is -1.35. The van der Waals surface area contributed by atoms with Gasteiger partial charge in [-0.15, -0.1) is 0 Å². The molecule has 75 heavy (non-hydrogen) atoms. The van der Waals surface area contributed by atoms with Gasteiger partial charge in [-0.1, -0.05) is 42.5 Å². The number of hydrogen-bond donors (Lipinski definition) is 3. The van der Waals surface area contributed by atoms with Crippen LogP contribution in [0.1, 0.15) is 0 Å². The monoisotopic (exact) mass is 1180 g/mol. The Labute approximate surface area is 504 Å². The van der Waals surface area contributed by atoms with E-state index in [-0.39, 0.29) is 212 Å². The third-order valence-electron chi connectivity index (χ3n) is 10.8. The molecule has 365 valence electrons. The second kappa shape index (κ2) is 21.3. The third-order valence-corrected chi connectivity index (χ3v) is 14.9. The van der Waals surface area contributed by atoms with Crippen LogP contribution in [-0.4, -0.2) is 92.2 Å². The van der Waals surface area contributed by atoms with Crippen molar-refractivity contribution < 1.29 is 153 Å². The number of nitrogen functional groups attached to an aromatic ring is 1. The van der Waals surface area contributed by atoms with Gasteiger partial charge in [-0.05, 0) is 77.0 Å². The number of fused-ring (bicyclic) bond motifs is 20. The number of nitrogens with one attached hydrogen (secondary N) is 2. The molecule has 0 amide bonds. The fourth-order valence-electron chi connectivity index (χ4n) is 7.82. The van der Waals surface area contributed by atoms with Gasteiger partial charge < -0.3 is 54.6 Å². The summed E-state index contributed by atoms with van der Waals surface area (Å²) in [5.41, 5.74) is 4.64. The Morgan fingerprint density at radius 1 is 0.480 bits per heavy atom. The molecular weight excluding hydrogens is 1160 g/mol. The maximum atomic E-state index is 14.1. The number of anilines is 4. The van der Waals surface area contributed by atoms with E-state index in [0.717, 1.165) is 24.3 Å². The molecule has 4 N–H and O–H groups in total. The van der Waals surface area contributed by atoms with E-state index in [2.05, 4.69) is 64.9 Å². The van der Waals surface area contributed by atoms with Crippen LogP contribution in [0.25, 0.3) is 89.7 Å². The predicted octanol–water partition coefficient (Wildman–Crippen LogP) is -5.19. The molecule has 0 unspecified atom stereocenters. The molecule has 5 aromatic carbocycles. The molecule has 0 saturated heterocycles. The van der Waals surface area contributed by atoms with Crippen LogP contribution in [0.5, 0.6) is 0 Å². The van der Waals surface area contributed by atoms with Crippen LogP contribution in [0.3, 0.4) is 0 Å². The molecule has 0 spiro atoms. The molecule has 6 heterocycles. The molecule has 1 radical (unpaired) electrons. The molecule has 25 nitrogen and oxygen atoms in total. The average molecular weight is 1180 g/mol. The molecule has 0 saturated carbocycles. The van der Waals surface area contributed by atoms with E-state index in [1.165, 1.54) is 66.7 Å². The summed E-state index contributed by atoms with van der Waals surface area (Å²) in [7, 11) is -20.1. The number of nitrogens with zero attached hydrogens (tertiary/aromatic N) is 11. The smallest absolute Gasteiger partial charge is 0.744 e. The maximum Gasteiger partial charge on any atom is 2.00 e.